The van der Waals surface area contributed by atoms with Crippen LogP contribution >= 0.6 is 0 Å². The number of hydrogen-bond acceptors (Lipinski definition) is 7. The summed E-state index contributed by atoms with van der Waals surface area (Å²) in [6.45, 7) is 4.53. The average Bonchev–Trinajstić information content (AvgIpc) is 3.35. The second-order valence-electron chi connectivity index (χ2n) is 11.1. The molecule has 6 rings (SSSR count). The zero-order chi connectivity index (χ0) is 28.1. The molecule has 2 aliphatic rings. The Labute approximate surface area is 232 Å². The molecule has 0 bridgehead atoms. The highest BCUT2D eigenvalue weighted by Crippen LogP contribution is 2.39. The molecule has 7 nitrogen and oxygen atoms in total. The monoisotopic (exact) mass is 542 g/mol. The fraction of sp³-hybridized carbons (Fsp3) is 0.387. The van der Waals surface area contributed by atoms with Gasteiger partial charge in [0.25, 0.3) is 0 Å². The smallest absolute Gasteiger partial charge is 0.228 e. The minimum Gasteiger partial charge on any atom is -0.508 e. The van der Waals surface area contributed by atoms with Gasteiger partial charge in [-0.1, -0.05) is 12.0 Å². The number of fused-ring (bicyclic) bond motifs is 2. The molecule has 0 unspecified atom stereocenters. The molecule has 2 atom stereocenters. The topological polar surface area (TPSA) is 68.6 Å². The summed E-state index contributed by atoms with van der Waals surface area (Å²) < 4.78 is 31.4. The van der Waals surface area contributed by atoms with Crippen LogP contribution < -0.4 is 9.80 Å². The lowest BCUT2D eigenvalue weighted by Gasteiger charge is -2.30. The van der Waals surface area contributed by atoms with E-state index < -0.39 is 11.6 Å². The minimum atomic E-state index is -0.658. The molecule has 206 valence electrons. The number of pyridine rings is 1. The summed E-state index contributed by atoms with van der Waals surface area (Å²) in [5, 5.41) is 11.8. The van der Waals surface area contributed by atoms with Crippen LogP contribution in [0.1, 0.15) is 38.2 Å². The van der Waals surface area contributed by atoms with Crippen LogP contribution in [0, 0.1) is 24.0 Å². The molecule has 0 spiro atoms. The van der Waals surface area contributed by atoms with Crippen molar-refractivity contribution in [3.63, 3.8) is 0 Å². The van der Waals surface area contributed by atoms with Gasteiger partial charge >= 0.3 is 0 Å². The summed E-state index contributed by atoms with van der Waals surface area (Å²) in [6, 6.07) is 6.12. The Morgan fingerprint density at radius 2 is 1.88 bits per heavy atom. The number of rotatable bonds is 4. The molecule has 0 radical (unpaired) electrons. The van der Waals surface area contributed by atoms with Gasteiger partial charge in [-0.05, 0) is 70.3 Å². The van der Waals surface area contributed by atoms with Crippen LogP contribution in [-0.4, -0.2) is 70.8 Å². The fourth-order valence-corrected chi connectivity index (χ4v) is 6.10. The van der Waals surface area contributed by atoms with Crippen molar-refractivity contribution in [1.82, 2.24) is 19.9 Å². The van der Waals surface area contributed by atoms with Gasteiger partial charge in [0.2, 0.25) is 5.95 Å². The number of benzene rings is 2. The molecule has 4 heterocycles. The zero-order valence-corrected chi connectivity index (χ0v) is 23.0. The molecule has 2 fully saturated rings. The molecule has 2 aromatic heterocycles. The van der Waals surface area contributed by atoms with Crippen LogP contribution in [0.25, 0.3) is 32.9 Å². The maximum atomic E-state index is 16.6. The van der Waals surface area contributed by atoms with Crippen molar-refractivity contribution in [2.45, 2.75) is 44.7 Å². The van der Waals surface area contributed by atoms with E-state index in [1.807, 2.05) is 0 Å². The van der Waals surface area contributed by atoms with Gasteiger partial charge in [-0.25, -0.2) is 13.8 Å². The molecule has 0 saturated carbocycles. The zero-order valence-electron chi connectivity index (χ0n) is 23.0. The third-order valence-corrected chi connectivity index (χ3v) is 8.30. The lowest BCUT2D eigenvalue weighted by atomic mass is 9.96. The molecule has 1 N–H and O–H groups in total. The van der Waals surface area contributed by atoms with E-state index in [9.17, 15) is 9.50 Å². The molecule has 2 aliphatic heterocycles. The highest BCUT2D eigenvalue weighted by Gasteiger charge is 2.33. The van der Waals surface area contributed by atoms with Gasteiger partial charge in [-0.2, -0.15) is 4.98 Å². The van der Waals surface area contributed by atoms with Crippen molar-refractivity contribution in [2.24, 2.45) is 0 Å². The largest absolute Gasteiger partial charge is 0.508 e. The van der Waals surface area contributed by atoms with E-state index in [2.05, 4.69) is 46.6 Å². The lowest BCUT2D eigenvalue weighted by molar-refractivity contribution is 0.311. The summed E-state index contributed by atoms with van der Waals surface area (Å²) in [4.78, 5) is 20.8. The predicted octanol–water partition coefficient (Wildman–Crippen LogP) is 5.33. The van der Waals surface area contributed by atoms with E-state index in [1.165, 1.54) is 24.3 Å². The van der Waals surface area contributed by atoms with Crippen molar-refractivity contribution in [1.29, 1.82) is 0 Å². The van der Waals surface area contributed by atoms with Crippen LogP contribution in [0.2, 0.25) is 0 Å². The van der Waals surface area contributed by atoms with E-state index in [1.54, 1.807) is 6.20 Å². The normalized spacial score (nSPS) is 19.6. The van der Waals surface area contributed by atoms with Gasteiger partial charge in [0.1, 0.15) is 28.6 Å². The van der Waals surface area contributed by atoms with Gasteiger partial charge in [0.05, 0.1) is 10.9 Å². The van der Waals surface area contributed by atoms with E-state index in [0.29, 0.717) is 34.0 Å². The van der Waals surface area contributed by atoms with Crippen molar-refractivity contribution in [2.75, 3.05) is 43.5 Å². The van der Waals surface area contributed by atoms with Crippen LogP contribution in [0.4, 0.5) is 20.5 Å². The second kappa shape index (κ2) is 10.2. The molecule has 2 aromatic carbocycles. The van der Waals surface area contributed by atoms with Crippen molar-refractivity contribution >= 4 is 33.4 Å². The number of hydrogen-bond donors (Lipinski definition) is 1. The average molecular weight is 543 g/mol. The summed E-state index contributed by atoms with van der Waals surface area (Å²) in [6.07, 6.45) is 11.4. The first-order valence-corrected chi connectivity index (χ1v) is 13.7. The first-order chi connectivity index (χ1) is 19.3. The Morgan fingerprint density at radius 1 is 1.10 bits per heavy atom. The summed E-state index contributed by atoms with van der Waals surface area (Å²) in [7, 11) is 4.12. The van der Waals surface area contributed by atoms with Crippen molar-refractivity contribution in [3.8, 4) is 29.4 Å². The van der Waals surface area contributed by atoms with E-state index in [-0.39, 0.29) is 34.1 Å². The molecular weight excluding hydrogens is 510 g/mol. The number of terminal acetylenes is 1. The summed E-state index contributed by atoms with van der Waals surface area (Å²) in [5.41, 5.74) is 0.298. The van der Waals surface area contributed by atoms with Crippen LogP contribution in [0.15, 0.2) is 30.5 Å². The minimum absolute atomic E-state index is 0.00759. The Hall–Kier alpha value is -4.03. The van der Waals surface area contributed by atoms with Crippen molar-refractivity contribution in [3.05, 3.63) is 47.7 Å². The van der Waals surface area contributed by atoms with E-state index in [4.69, 9.17) is 16.4 Å². The third-order valence-electron chi connectivity index (χ3n) is 8.30. The first-order valence-electron chi connectivity index (χ1n) is 13.7. The SMILES string of the molecule is C#Cc1c(F)ccc2cc(O)cc(-c3ncc4c(N5CCCCC5)nc(N5C[C@@H](N(C)C)C[C@@H]5C)nc4c3F)c12. The number of phenols is 1. The maximum Gasteiger partial charge on any atom is 0.228 e. The van der Waals surface area contributed by atoms with Crippen LogP contribution in [-0.2, 0) is 0 Å². The summed E-state index contributed by atoms with van der Waals surface area (Å²) >= 11 is 0. The van der Waals surface area contributed by atoms with Gasteiger partial charge in [0, 0.05) is 48.9 Å². The number of likely N-dealkylation sites (N-methyl/N-ethyl adjacent to an activating group) is 1. The van der Waals surface area contributed by atoms with E-state index in [0.717, 1.165) is 45.3 Å². The standard InChI is InChI=1S/C31H32F2N6O/c1-5-22-25(32)10-9-19-14-21(40)15-23(26(19)22)28-27(33)29-24(16-34-28)30(38-11-7-6-8-12-38)36-31(35-29)39-17-20(37(3)4)13-18(39)2/h1,9-10,14-16,18,20,40H,6-8,11-13,17H2,2-4H3/t18-,20-/m0/s1. The second-order valence-corrected chi connectivity index (χ2v) is 11.1. The number of phenolic OH excluding ortho intramolecular Hbond substituents is 1. The maximum absolute atomic E-state index is 16.6. The molecule has 9 heteroatoms. The Bertz CT molecular complexity index is 1660. The molecule has 2 saturated heterocycles. The van der Waals surface area contributed by atoms with Gasteiger partial charge in [-0.3, -0.25) is 4.98 Å². The highest BCUT2D eigenvalue weighted by atomic mass is 19.1. The van der Waals surface area contributed by atoms with E-state index >= 15 is 4.39 Å². The number of piperidine rings is 1. The predicted molar refractivity (Wildman–Crippen MR) is 155 cm³/mol. The molecule has 4 aromatic rings. The van der Waals surface area contributed by atoms with Gasteiger partial charge in [0.15, 0.2) is 5.82 Å². The third kappa shape index (κ3) is 4.37. The Kier molecular flexibility index (Phi) is 6.67. The lowest BCUT2D eigenvalue weighted by Crippen LogP contribution is -2.34. The number of nitrogens with zero attached hydrogens (tertiary/aromatic N) is 6. The Morgan fingerprint density at radius 3 is 2.58 bits per heavy atom. The van der Waals surface area contributed by atoms with Crippen LogP contribution in [0.3, 0.4) is 0 Å². The Balaban J connectivity index is 1.59. The molecule has 40 heavy (non-hydrogen) atoms. The number of aromatic hydroxyl groups is 1. The number of aromatic nitrogens is 3. The first kappa shape index (κ1) is 26.2. The molecule has 0 aliphatic carbocycles. The van der Waals surface area contributed by atoms with Gasteiger partial charge in [-0.15, -0.1) is 6.42 Å². The van der Waals surface area contributed by atoms with Crippen LogP contribution in [0.5, 0.6) is 5.75 Å². The quantitative estimate of drug-likeness (QED) is 0.350. The molecule has 0 amide bonds. The molecular formula is C31H32F2N6O. The fourth-order valence-electron chi connectivity index (χ4n) is 6.10. The van der Waals surface area contributed by atoms with Crippen molar-refractivity contribution < 1.29 is 13.9 Å². The summed E-state index contributed by atoms with van der Waals surface area (Å²) in [5.74, 6) is 2.19. The number of anilines is 2. The highest BCUT2D eigenvalue weighted by molar-refractivity contribution is 6.03. The number of halogens is 2. The van der Waals surface area contributed by atoms with Gasteiger partial charge < -0.3 is 19.8 Å².